The Kier molecular flexibility index (Phi) is 8.13. The van der Waals surface area contributed by atoms with Gasteiger partial charge in [0.2, 0.25) is 0 Å². The summed E-state index contributed by atoms with van der Waals surface area (Å²) in [6.45, 7) is 11.4. The van der Waals surface area contributed by atoms with Crippen LogP contribution < -0.4 is 5.32 Å². The van der Waals surface area contributed by atoms with Crippen molar-refractivity contribution in [2.24, 2.45) is 4.99 Å². The minimum atomic E-state index is 0.409. The van der Waals surface area contributed by atoms with E-state index in [-0.39, 0.29) is 0 Å². The first-order chi connectivity index (χ1) is 13.7. The van der Waals surface area contributed by atoms with Gasteiger partial charge in [0.1, 0.15) is 0 Å². The summed E-state index contributed by atoms with van der Waals surface area (Å²) in [5.41, 5.74) is 2.70. The molecule has 1 N–H and O–H groups in total. The Bertz CT molecular complexity index is 602. The molecule has 0 aromatic heterocycles. The third-order valence-electron chi connectivity index (χ3n) is 5.83. The first-order valence-electron chi connectivity index (χ1n) is 10.7. The zero-order valence-electron chi connectivity index (χ0n) is 17.9. The van der Waals surface area contributed by atoms with Crippen LogP contribution in [0.5, 0.6) is 0 Å². The molecule has 3 rings (SSSR count). The second-order valence-electron chi connectivity index (χ2n) is 7.94. The molecule has 1 aromatic rings. The Morgan fingerprint density at radius 1 is 1.04 bits per heavy atom. The number of hydrogen-bond donors (Lipinski definition) is 1. The molecule has 2 aliphatic heterocycles. The lowest BCUT2D eigenvalue weighted by molar-refractivity contribution is 0.0263. The van der Waals surface area contributed by atoms with Gasteiger partial charge in [0.15, 0.2) is 5.96 Å². The van der Waals surface area contributed by atoms with Gasteiger partial charge in [-0.3, -0.25) is 9.89 Å². The van der Waals surface area contributed by atoms with Gasteiger partial charge in [-0.15, -0.1) is 0 Å². The molecule has 0 radical (unpaired) electrons. The van der Waals surface area contributed by atoms with Crippen LogP contribution in [-0.4, -0.2) is 86.7 Å². The van der Waals surface area contributed by atoms with Gasteiger partial charge in [0.25, 0.3) is 0 Å². The van der Waals surface area contributed by atoms with E-state index in [4.69, 9.17) is 4.74 Å². The van der Waals surface area contributed by atoms with Crippen LogP contribution in [0.4, 0.5) is 0 Å². The molecule has 28 heavy (non-hydrogen) atoms. The van der Waals surface area contributed by atoms with Crippen LogP contribution in [0, 0.1) is 0 Å². The fourth-order valence-corrected chi connectivity index (χ4v) is 4.01. The van der Waals surface area contributed by atoms with E-state index in [0.717, 1.165) is 64.7 Å². The number of nitrogens with zero attached hydrogens (tertiary/aromatic N) is 4. The molecule has 2 saturated heterocycles. The molecule has 0 bridgehead atoms. The summed E-state index contributed by atoms with van der Waals surface area (Å²) in [6.07, 6.45) is 2.57. The van der Waals surface area contributed by atoms with Crippen molar-refractivity contribution in [1.82, 2.24) is 20.0 Å². The summed E-state index contributed by atoms with van der Waals surface area (Å²) >= 11 is 0. The Morgan fingerprint density at radius 2 is 1.68 bits per heavy atom. The van der Waals surface area contributed by atoms with Crippen LogP contribution in [0.3, 0.4) is 0 Å². The zero-order valence-corrected chi connectivity index (χ0v) is 17.9. The van der Waals surface area contributed by atoms with E-state index < -0.39 is 0 Å². The van der Waals surface area contributed by atoms with Gasteiger partial charge < -0.3 is 19.9 Å². The predicted molar refractivity (Wildman–Crippen MR) is 116 cm³/mol. The first kappa shape index (κ1) is 21.1. The molecule has 0 aliphatic carbocycles. The van der Waals surface area contributed by atoms with Crippen molar-refractivity contribution in [2.75, 3.05) is 60.0 Å². The Labute approximate surface area is 170 Å². The standard InChI is InChI=1S/C22H37N5O/c1-4-28-21-9-11-27(12-10-21)22(23-2)24-17-19-5-7-20(8-6-19)18-26-15-13-25(3)14-16-26/h5-8,21H,4,9-18H2,1-3H3,(H,23,24). The molecule has 2 fully saturated rings. The van der Waals surface area contributed by atoms with Crippen molar-refractivity contribution in [3.63, 3.8) is 0 Å². The number of ether oxygens (including phenoxy) is 1. The number of guanidine groups is 1. The average Bonchev–Trinajstić information content (AvgIpc) is 2.73. The largest absolute Gasteiger partial charge is 0.378 e. The van der Waals surface area contributed by atoms with Crippen molar-refractivity contribution in [3.05, 3.63) is 35.4 Å². The topological polar surface area (TPSA) is 43.3 Å². The number of likely N-dealkylation sites (N-methyl/N-ethyl adjacent to an activating group) is 1. The smallest absolute Gasteiger partial charge is 0.193 e. The van der Waals surface area contributed by atoms with Crippen molar-refractivity contribution < 1.29 is 4.74 Å². The summed E-state index contributed by atoms with van der Waals surface area (Å²) < 4.78 is 5.75. The van der Waals surface area contributed by atoms with Gasteiger partial charge >= 0.3 is 0 Å². The number of piperazine rings is 1. The predicted octanol–water partition coefficient (Wildman–Crippen LogP) is 2.01. The molecular formula is C22H37N5O. The second kappa shape index (κ2) is 10.8. The zero-order chi connectivity index (χ0) is 19.8. The molecule has 0 unspecified atom stereocenters. The van der Waals surface area contributed by atoms with Crippen molar-refractivity contribution in [3.8, 4) is 0 Å². The molecule has 1 aromatic carbocycles. The minimum absolute atomic E-state index is 0.409. The van der Waals surface area contributed by atoms with E-state index in [1.165, 1.54) is 24.2 Å². The van der Waals surface area contributed by atoms with Crippen LogP contribution in [0.25, 0.3) is 0 Å². The van der Waals surface area contributed by atoms with Crippen molar-refractivity contribution in [1.29, 1.82) is 0 Å². The lowest BCUT2D eigenvalue weighted by Crippen LogP contribution is -2.46. The Morgan fingerprint density at radius 3 is 2.29 bits per heavy atom. The molecule has 2 aliphatic rings. The van der Waals surface area contributed by atoms with E-state index in [9.17, 15) is 0 Å². The highest BCUT2D eigenvalue weighted by Crippen LogP contribution is 2.14. The van der Waals surface area contributed by atoms with E-state index in [0.29, 0.717) is 6.10 Å². The summed E-state index contributed by atoms with van der Waals surface area (Å²) in [5, 5.41) is 3.53. The number of aliphatic imine (C=N–C) groups is 1. The van der Waals surface area contributed by atoms with Crippen LogP contribution >= 0.6 is 0 Å². The van der Waals surface area contributed by atoms with E-state index in [1.54, 1.807) is 0 Å². The number of rotatable bonds is 6. The quantitative estimate of drug-likeness (QED) is 0.598. The van der Waals surface area contributed by atoms with Crippen molar-refractivity contribution in [2.45, 2.75) is 39.0 Å². The van der Waals surface area contributed by atoms with Gasteiger partial charge in [0.05, 0.1) is 6.10 Å². The van der Waals surface area contributed by atoms with Crippen LogP contribution in [0.1, 0.15) is 30.9 Å². The summed E-state index contributed by atoms with van der Waals surface area (Å²) in [4.78, 5) is 11.8. The Hall–Kier alpha value is -1.63. The SMILES string of the molecule is CCOC1CCN(C(=NC)NCc2ccc(CN3CCN(C)CC3)cc2)CC1. The number of likely N-dealkylation sites (tertiary alicyclic amines) is 1. The summed E-state index contributed by atoms with van der Waals surface area (Å²) in [5.74, 6) is 0.997. The molecule has 0 atom stereocenters. The average molecular weight is 388 g/mol. The lowest BCUT2D eigenvalue weighted by atomic mass is 10.1. The maximum atomic E-state index is 5.75. The van der Waals surface area contributed by atoms with Gasteiger partial charge in [-0.2, -0.15) is 0 Å². The molecule has 0 spiro atoms. The van der Waals surface area contributed by atoms with Crippen LogP contribution in [0.15, 0.2) is 29.3 Å². The summed E-state index contributed by atoms with van der Waals surface area (Å²) in [6, 6.07) is 9.03. The molecule has 6 nitrogen and oxygen atoms in total. The Balaban J connectivity index is 1.43. The normalized spacial score (nSPS) is 20.5. The highest BCUT2D eigenvalue weighted by molar-refractivity contribution is 5.79. The maximum absolute atomic E-state index is 5.75. The first-order valence-corrected chi connectivity index (χ1v) is 10.7. The van der Waals surface area contributed by atoms with Crippen LogP contribution in [0.2, 0.25) is 0 Å². The third kappa shape index (κ3) is 6.19. The molecule has 6 heteroatoms. The number of hydrogen-bond acceptors (Lipinski definition) is 4. The lowest BCUT2D eigenvalue weighted by Gasteiger charge is -2.34. The van der Waals surface area contributed by atoms with Gasteiger partial charge in [-0.1, -0.05) is 24.3 Å². The highest BCUT2D eigenvalue weighted by atomic mass is 16.5. The maximum Gasteiger partial charge on any atom is 0.193 e. The number of benzene rings is 1. The summed E-state index contributed by atoms with van der Waals surface area (Å²) in [7, 11) is 4.07. The molecular weight excluding hydrogens is 350 g/mol. The van der Waals surface area contributed by atoms with Gasteiger partial charge in [0, 0.05) is 66.0 Å². The van der Waals surface area contributed by atoms with Gasteiger partial charge in [-0.25, -0.2) is 0 Å². The fourth-order valence-electron chi connectivity index (χ4n) is 4.01. The minimum Gasteiger partial charge on any atom is -0.378 e. The monoisotopic (exact) mass is 387 g/mol. The molecule has 0 saturated carbocycles. The van der Waals surface area contributed by atoms with Crippen molar-refractivity contribution >= 4 is 5.96 Å². The molecule has 0 amide bonds. The second-order valence-corrected chi connectivity index (χ2v) is 7.94. The molecule has 2 heterocycles. The third-order valence-corrected chi connectivity index (χ3v) is 5.83. The highest BCUT2D eigenvalue weighted by Gasteiger charge is 2.21. The molecule has 156 valence electrons. The fraction of sp³-hybridized carbons (Fsp3) is 0.682. The van der Waals surface area contributed by atoms with E-state index >= 15 is 0 Å². The van der Waals surface area contributed by atoms with E-state index in [1.807, 2.05) is 7.05 Å². The van der Waals surface area contributed by atoms with Gasteiger partial charge in [-0.05, 0) is 37.9 Å². The number of nitrogens with one attached hydrogen (secondary N) is 1. The number of piperidine rings is 1. The van der Waals surface area contributed by atoms with Crippen LogP contribution in [-0.2, 0) is 17.8 Å². The van der Waals surface area contributed by atoms with E-state index in [2.05, 4.69) is 63.2 Å².